The number of carboxylic acid groups (broad SMARTS) is 3. The maximum atomic E-state index is 10.3. The van der Waals surface area contributed by atoms with Gasteiger partial charge in [-0.3, -0.25) is 14.4 Å². The second-order valence-corrected chi connectivity index (χ2v) is 6.40. The number of hydrogen-bond acceptors (Lipinski definition) is 6. The Labute approximate surface area is 168 Å². The van der Waals surface area contributed by atoms with Gasteiger partial charge in [0, 0.05) is 6.42 Å². The molecule has 0 saturated carbocycles. The van der Waals surface area contributed by atoms with Crippen molar-refractivity contribution >= 4 is 17.9 Å². The average Bonchev–Trinajstić information content (AvgIpc) is 2.66. The standard InChI is InChI=1S/C14H28O2.C3H7NO3.C2H5NO2/c1-2-3-4-5-6-7-8-9-10-11-12-13-14(15)16;4-2(1-5)3(6)7;3-1-2(4)5/h2-13H2,1H3,(H,15,16);2,5H,1,4H2,(H,6,7);1,3H2,(H,4,5). The fraction of sp³-hybridized carbons (Fsp3) is 0.842. The highest BCUT2D eigenvalue weighted by Crippen LogP contribution is 2.11. The van der Waals surface area contributed by atoms with Crippen LogP contribution in [0.25, 0.3) is 0 Å². The van der Waals surface area contributed by atoms with Gasteiger partial charge < -0.3 is 31.9 Å². The Morgan fingerprint density at radius 2 is 1.11 bits per heavy atom. The molecule has 0 aromatic rings. The third-order valence-corrected chi connectivity index (χ3v) is 3.68. The molecule has 0 rings (SSSR count). The molecule has 0 aromatic heterocycles. The van der Waals surface area contributed by atoms with E-state index in [1.165, 1.54) is 57.8 Å². The van der Waals surface area contributed by atoms with Gasteiger partial charge in [0.25, 0.3) is 0 Å². The van der Waals surface area contributed by atoms with Crippen LogP contribution in [0.1, 0.15) is 84.0 Å². The molecule has 0 heterocycles. The first kappa shape index (κ1) is 31.0. The van der Waals surface area contributed by atoms with E-state index in [1.54, 1.807) is 0 Å². The Hall–Kier alpha value is -1.71. The topological polar surface area (TPSA) is 184 Å². The van der Waals surface area contributed by atoms with Crippen LogP contribution in [0.4, 0.5) is 0 Å². The minimum absolute atomic E-state index is 0.278. The SMILES string of the molecule is CCCCCCCCCCCCCC(=O)O.NC(CO)C(=O)O.NCC(=O)O. The van der Waals surface area contributed by atoms with Gasteiger partial charge in [0.2, 0.25) is 0 Å². The summed E-state index contributed by atoms with van der Waals surface area (Å²) < 4.78 is 0. The molecule has 0 radical (unpaired) electrons. The molecule has 0 aliphatic heterocycles. The zero-order valence-corrected chi connectivity index (χ0v) is 17.1. The number of nitrogens with two attached hydrogens (primary N) is 2. The molecule has 0 spiro atoms. The quantitative estimate of drug-likeness (QED) is 0.221. The monoisotopic (exact) mass is 408 g/mol. The normalized spacial score (nSPS) is 10.7. The highest BCUT2D eigenvalue weighted by molar-refractivity contribution is 5.73. The van der Waals surface area contributed by atoms with Crippen LogP contribution in [0.5, 0.6) is 0 Å². The van der Waals surface area contributed by atoms with E-state index in [0.29, 0.717) is 6.42 Å². The predicted octanol–water partition coefficient (Wildman–Crippen LogP) is 2.19. The number of hydrogen-bond donors (Lipinski definition) is 6. The van der Waals surface area contributed by atoms with Crippen LogP contribution in [0.2, 0.25) is 0 Å². The molecule has 0 amide bonds. The largest absolute Gasteiger partial charge is 0.481 e. The van der Waals surface area contributed by atoms with Crippen LogP contribution in [0.15, 0.2) is 0 Å². The summed E-state index contributed by atoms with van der Waals surface area (Å²) in [6.45, 7) is 1.46. The zero-order chi connectivity index (χ0) is 22.2. The van der Waals surface area contributed by atoms with Crippen molar-refractivity contribution in [3.63, 3.8) is 0 Å². The minimum Gasteiger partial charge on any atom is -0.481 e. The first-order chi connectivity index (χ1) is 13.2. The van der Waals surface area contributed by atoms with Crippen molar-refractivity contribution in [3.05, 3.63) is 0 Å². The molecule has 9 nitrogen and oxygen atoms in total. The van der Waals surface area contributed by atoms with Gasteiger partial charge in [0.15, 0.2) is 0 Å². The minimum atomic E-state index is -1.18. The van der Waals surface area contributed by atoms with Crippen LogP contribution < -0.4 is 11.5 Å². The summed E-state index contributed by atoms with van der Waals surface area (Å²) in [6, 6.07) is -1.13. The summed E-state index contributed by atoms with van der Waals surface area (Å²) in [4.78, 5) is 29.1. The summed E-state index contributed by atoms with van der Waals surface area (Å²) in [5, 5.41) is 32.0. The number of unbranched alkanes of at least 4 members (excludes halogenated alkanes) is 10. The summed E-state index contributed by atoms with van der Waals surface area (Å²) in [6.07, 6.45) is 14.4. The maximum Gasteiger partial charge on any atom is 0.322 e. The molecule has 168 valence electrons. The van der Waals surface area contributed by atoms with Gasteiger partial charge in [-0.05, 0) is 6.42 Å². The Morgan fingerprint density at radius 3 is 1.32 bits per heavy atom. The van der Waals surface area contributed by atoms with Gasteiger partial charge >= 0.3 is 17.9 Å². The average molecular weight is 409 g/mol. The second kappa shape index (κ2) is 25.3. The van der Waals surface area contributed by atoms with E-state index < -0.39 is 30.6 Å². The number of aliphatic hydroxyl groups excluding tert-OH is 1. The third kappa shape index (κ3) is 35.4. The van der Waals surface area contributed by atoms with E-state index in [-0.39, 0.29) is 6.54 Å². The lowest BCUT2D eigenvalue weighted by Crippen LogP contribution is -2.33. The lowest BCUT2D eigenvalue weighted by molar-refractivity contribution is -0.139. The summed E-state index contributed by atoms with van der Waals surface area (Å²) in [7, 11) is 0. The Kier molecular flexibility index (Phi) is 28.0. The number of carbonyl (C=O) groups is 3. The van der Waals surface area contributed by atoms with Crippen molar-refractivity contribution in [2.45, 2.75) is 90.0 Å². The van der Waals surface area contributed by atoms with Gasteiger partial charge in [-0.15, -0.1) is 0 Å². The van der Waals surface area contributed by atoms with Crippen molar-refractivity contribution in [2.75, 3.05) is 13.2 Å². The number of aliphatic carboxylic acids is 3. The number of carboxylic acids is 3. The van der Waals surface area contributed by atoms with Crippen molar-refractivity contribution < 1.29 is 34.8 Å². The van der Waals surface area contributed by atoms with Gasteiger partial charge in [-0.1, -0.05) is 71.1 Å². The first-order valence-electron chi connectivity index (χ1n) is 9.95. The van der Waals surface area contributed by atoms with Gasteiger partial charge in [0.05, 0.1) is 13.2 Å². The summed E-state index contributed by atoms with van der Waals surface area (Å²) >= 11 is 0. The highest BCUT2D eigenvalue weighted by Gasteiger charge is 2.07. The third-order valence-electron chi connectivity index (χ3n) is 3.68. The molecule has 8 N–H and O–H groups in total. The molecule has 0 fully saturated rings. The number of rotatable bonds is 15. The zero-order valence-electron chi connectivity index (χ0n) is 17.1. The van der Waals surface area contributed by atoms with E-state index in [0.717, 1.165) is 12.8 Å². The van der Waals surface area contributed by atoms with E-state index in [4.69, 9.17) is 26.2 Å². The Balaban J connectivity index is -0.000000427. The molecule has 9 heteroatoms. The fourth-order valence-electron chi connectivity index (χ4n) is 2.02. The van der Waals surface area contributed by atoms with Gasteiger partial charge in [-0.25, -0.2) is 0 Å². The van der Waals surface area contributed by atoms with Crippen LogP contribution in [0, 0.1) is 0 Å². The van der Waals surface area contributed by atoms with Crippen LogP contribution in [0.3, 0.4) is 0 Å². The molecule has 0 saturated heterocycles. The Morgan fingerprint density at radius 1 is 0.750 bits per heavy atom. The van der Waals surface area contributed by atoms with Crippen LogP contribution in [-0.4, -0.2) is 57.5 Å². The smallest absolute Gasteiger partial charge is 0.322 e. The highest BCUT2D eigenvalue weighted by atomic mass is 16.4. The number of aliphatic hydroxyl groups is 1. The second-order valence-electron chi connectivity index (χ2n) is 6.40. The van der Waals surface area contributed by atoms with Gasteiger partial charge in [-0.2, -0.15) is 0 Å². The van der Waals surface area contributed by atoms with Crippen molar-refractivity contribution in [1.29, 1.82) is 0 Å². The summed E-state index contributed by atoms with van der Waals surface area (Å²) in [5.74, 6) is -2.80. The molecule has 0 aromatic carbocycles. The molecule has 0 bridgehead atoms. The maximum absolute atomic E-state index is 10.3. The fourth-order valence-corrected chi connectivity index (χ4v) is 2.02. The van der Waals surface area contributed by atoms with Crippen molar-refractivity contribution in [1.82, 2.24) is 0 Å². The van der Waals surface area contributed by atoms with E-state index in [2.05, 4.69) is 12.7 Å². The van der Waals surface area contributed by atoms with E-state index in [9.17, 15) is 14.4 Å². The molecular formula is C19H40N2O7. The van der Waals surface area contributed by atoms with Gasteiger partial charge in [0.1, 0.15) is 6.04 Å². The van der Waals surface area contributed by atoms with Crippen LogP contribution in [-0.2, 0) is 14.4 Å². The Bertz CT molecular complexity index is 379. The molecule has 0 aliphatic rings. The van der Waals surface area contributed by atoms with Crippen LogP contribution >= 0.6 is 0 Å². The molecular weight excluding hydrogens is 368 g/mol. The molecule has 0 aliphatic carbocycles. The molecule has 1 atom stereocenters. The molecule has 28 heavy (non-hydrogen) atoms. The predicted molar refractivity (Wildman–Crippen MR) is 108 cm³/mol. The molecule has 1 unspecified atom stereocenters. The lowest BCUT2D eigenvalue weighted by atomic mass is 10.1. The first-order valence-corrected chi connectivity index (χ1v) is 9.95. The van der Waals surface area contributed by atoms with Crippen molar-refractivity contribution in [2.24, 2.45) is 11.5 Å². The lowest BCUT2D eigenvalue weighted by Gasteiger charge is -2.01. The van der Waals surface area contributed by atoms with Crippen molar-refractivity contribution in [3.8, 4) is 0 Å². The summed E-state index contributed by atoms with van der Waals surface area (Å²) in [5.41, 5.74) is 9.34. The van der Waals surface area contributed by atoms with E-state index in [1.807, 2.05) is 0 Å². The van der Waals surface area contributed by atoms with E-state index >= 15 is 0 Å².